The van der Waals surface area contributed by atoms with Crippen molar-refractivity contribution in [2.75, 3.05) is 13.1 Å². The molecular weight excluding hydrogens is 124 g/mol. The molecule has 1 heterocycles. The van der Waals surface area contributed by atoms with Gasteiger partial charge in [0.25, 0.3) is 0 Å². The van der Waals surface area contributed by atoms with E-state index in [0.29, 0.717) is 0 Å². The Hall–Kier alpha value is -0.810. The predicted octanol–water partition coefficient (Wildman–Crippen LogP) is 1.21. The lowest BCUT2D eigenvalue weighted by Crippen LogP contribution is -2.23. The highest BCUT2D eigenvalue weighted by Gasteiger charge is 2.06. The molecule has 10 heavy (non-hydrogen) atoms. The number of piperidine rings is 1. The second kappa shape index (κ2) is 3.38. The van der Waals surface area contributed by atoms with Crippen LogP contribution in [0.5, 0.6) is 0 Å². The third-order valence-electron chi connectivity index (χ3n) is 1.91. The number of allylic oxidation sites excluding steroid dienone is 1. The summed E-state index contributed by atoms with van der Waals surface area (Å²) in [6.07, 6.45) is 2.11. The van der Waals surface area contributed by atoms with Crippen molar-refractivity contribution in [1.82, 2.24) is 5.32 Å². The van der Waals surface area contributed by atoms with Crippen molar-refractivity contribution in [2.45, 2.75) is 19.8 Å². The van der Waals surface area contributed by atoms with Crippen LogP contribution in [0.2, 0.25) is 0 Å². The monoisotopic (exact) mass is 136 g/mol. The fraction of sp³-hybridized carbons (Fsp3) is 0.625. The highest BCUT2D eigenvalue weighted by Crippen LogP contribution is 2.14. The predicted molar refractivity (Wildman–Crippen MR) is 40.4 cm³/mol. The molecular formula is C8H12N2. The van der Waals surface area contributed by atoms with Gasteiger partial charge in [-0.1, -0.05) is 5.57 Å². The molecule has 1 rings (SSSR count). The van der Waals surface area contributed by atoms with E-state index >= 15 is 0 Å². The summed E-state index contributed by atoms with van der Waals surface area (Å²) in [6.45, 7) is 3.98. The average molecular weight is 136 g/mol. The number of nitrogens with one attached hydrogen (secondary N) is 1. The number of nitriles is 1. The van der Waals surface area contributed by atoms with E-state index in [1.807, 2.05) is 6.92 Å². The van der Waals surface area contributed by atoms with E-state index in [0.717, 1.165) is 31.5 Å². The molecule has 0 amide bonds. The zero-order valence-electron chi connectivity index (χ0n) is 6.28. The van der Waals surface area contributed by atoms with Gasteiger partial charge in [-0.05, 0) is 32.9 Å². The lowest BCUT2D eigenvalue weighted by atomic mass is 10.0. The van der Waals surface area contributed by atoms with Gasteiger partial charge in [-0.2, -0.15) is 5.26 Å². The van der Waals surface area contributed by atoms with Crippen LogP contribution in [0.1, 0.15) is 19.8 Å². The molecule has 0 aromatic heterocycles. The number of rotatable bonds is 0. The summed E-state index contributed by atoms with van der Waals surface area (Å²) in [6, 6.07) is 2.19. The van der Waals surface area contributed by atoms with E-state index in [1.54, 1.807) is 0 Å². The van der Waals surface area contributed by atoms with E-state index in [-0.39, 0.29) is 0 Å². The minimum atomic E-state index is 0.918. The third-order valence-corrected chi connectivity index (χ3v) is 1.91. The Labute approximate surface area is 61.5 Å². The Morgan fingerprint density at radius 2 is 2.10 bits per heavy atom. The van der Waals surface area contributed by atoms with E-state index in [4.69, 9.17) is 5.26 Å². The molecule has 0 atom stereocenters. The number of nitrogens with zero attached hydrogens (tertiary/aromatic N) is 1. The third kappa shape index (κ3) is 1.58. The van der Waals surface area contributed by atoms with Crippen LogP contribution in [0.3, 0.4) is 0 Å². The molecule has 0 aromatic carbocycles. The smallest absolute Gasteiger partial charge is 0.0943 e. The first kappa shape index (κ1) is 7.30. The molecule has 0 aliphatic carbocycles. The van der Waals surface area contributed by atoms with Crippen molar-refractivity contribution in [3.8, 4) is 6.07 Å². The van der Waals surface area contributed by atoms with Crippen LogP contribution in [0, 0.1) is 11.3 Å². The molecule has 1 N–H and O–H groups in total. The summed E-state index contributed by atoms with van der Waals surface area (Å²) in [4.78, 5) is 0. The van der Waals surface area contributed by atoms with Crippen LogP contribution in [-0.2, 0) is 0 Å². The van der Waals surface area contributed by atoms with Gasteiger partial charge in [-0.3, -0.25) is 0 Å². The summed E-state index contributed by atoms with van der Waals surface area (Å²) in [5.41, 5.74) is 2.25. The zero-order valence-corrected chi connectivity index (χ0v) is 6.28. The van der Waals surface area contributed by atoms with Gasteiger partial charge in [0.15, 0.2) is 0 Å². The summed E-state index contributed by atoms with van der Waals surface area (Å²) in [5, 5.41) is 11.8. The molecule has 1 aliphatic rings. The van der Waals surface area contributed by atoms with E-state index in [2.05, 4.69) is 11.4 Å². The Balaban J connectivity index is 2.62. The van der Waals surface area contributed by atoms with Crippen molar-refractivity contribution in [1.29, 1.82) is 5.26 Å². The van der Waals surface area contributed by atoms with Gasteiger partial charge in [0.05, 0.1) is 6.07 Å². The molecule has 1 fully saturated rings. The van der Waals surface area contributed by atoms with Gasteiger partial charge in [0.1, 0.15) is 0 Å². The topological polar surface area (TPSA) is 35.8 Å². The van der Waals surface area contributed by atoms with Crippen LogP contribution in [-0.4, -0.2) is 13.1 Å². The average Bonchev–Trinajstić information content (AvgIpc) is 2.05. The van der Waals surface area contributed by atoms with Crippen molar-refractivity contribution in [3.05, 3.63) is 11.1 Å². The van der Waals surface area contributed by atoms with E-state index in [1.165, 1.54) is 5.57 Å². The molecule has 1 aliphatic heterocycles. The van der Waals surface area contributed by atoms with Crippen molar-refractivity contribution in [3.63, 3.8) is 0 Å². The SMILES string of the molecule is CC(C#N)=C1CCNCC1. The molecule has 0 spiro atoms. The zero-order chi connectivity index (χ0) is 7.40. The van der Waals surface area contributed by atoms with Gasteiger partial charge in [-0.25, -0.2) is 0 Å². The number of hydrogen-bond donors (Lipinski definition) is 1. The molecule has 54 valence electrons. The largest absolute Gasteiger partial charge is 0.316 e. The highest BCUT2D eigenvalue weighted by atomic mass is 14.9. The molecule has 2 heteroatoms. The standard InChI is InChI=1S/C8H12N2/c1-7(6-9)8-2-4-10-5-3-8/h10H,2-5H2,1H3. The maximum absolute atomic E-state index is 8.56. The van der Waals surface area contributed by atoms with Gasteiger partial charge in [-0.15, -0.1) is 0 Å². The fourth-order valence-electron chi connectivity index (χ4n) is 1.18. The lowest BCUT2D eigenvalue weighted by molar-refractivity contribution is 0.606. The second-order valence-electron chi connectivity index (χ2n) is 2.59. The lowest BCUT2D eigenvalue weighted by Gasteiger charge is -2.15. The highest BCUT2D eigenvalue weighted by molar-refractivity contribution is 5.26. The van der Waals surface area contributed by atoms with Gasteiger partial charge in [0.2, 0.25) is 0 Å². The summed E-state index contributed by atoms with van der Waals surface area (Å²) < 4.78 is 0. The van der Waals surface area contributed by atoms with Gasteiger partial charge >= 0.3 is 0 Å². The Morgan fingerprint density at radius 1 is 1.50 bits per heavy atom. The first-order valence-electron chi connectivity index (χ1n) is 3.64. The maximum atomic E-state index is 8.56. The molecule has 2 nitrogen and oxygen atoms in total. The summed E-state index contributed by atoms with van der Waals surface area (Å²) in [5.74, 6) is 0. The van der Waals surface area contributed by atoms with Crippen molar-refractivity contribution < 1.29 is 0 Å². The molecule has 0 radical (unpaired) electrons. The molecule has 0 saturated carbocycles. The van der Waals surface area contributed by atoms with Crippen molar-refractivity contribution in [2.24, 2.45) is 0 Å². The first-order chi connectivity index (χ1) is 4.84. The maximum Gasteiger partial charge on any atom is 0.0943 e. The van der Waals surface area contributed by atoms with Crippen LogP contribution in [0.4, 0.5) is 0 Å². The molecule has 1 saturated heterocycles. The van der Waals surface area contributed by atoms with Gasteiger partial charge in [0, 0.05) is 5.57 Å². The van der Waals surface area contributed by atoms with Crippen molar-refractivity contribution >= 4 is 0 Å². The number of hydrogen-bond acceptors (Lipinski definition) is 2. The minimum Gasteiger partial charge on any atom is -0.316 e. The first-order valence-corrected chi connectivity index (χ1v) is 3.64. The Morgan fingerprint density at radius 3 is 2.60 bits per heavy atom. The Kier molecular flexibility index (Phi) is 2.47. The summed E-state index contributed by atoms with van der Waals surface area (Å²) in [7, 11) is 0. The molecule has 0 aromatic rings. The van der Waals surface area contributed by atoms with Gasteiger partial charge < -0.3 is 5.32 Å². The van der Waals surface area contributed by atoms with Crippen LogP contribution >= 0.6 is 0 Å². The quantitative estimate of drug-likeness (QED) is 0.508. The second-order valence-corrected chi connectivity index (χ2v) is 2.59. The van der Waals surface area contributed by atoms with Crippen LogP contribution in [0.25, 0.3) is 0 Å². The summed E-state index contributed by atoms with van der Waals surface area (Å²) >= 11 is 0. The fourth-order valence-corrected chi connectivity index (χ4v) is 1.18. The molecule has 0 unspecified atom stereocenters. The van der Waals surface area contributed by atoms with Crippen LogP contribution < -0.4 is 5.32 Å². The van der Waals surface area contributed by atoms with Crippen LogP contribution in [0.15, 0.2) is 11.1 Å². The van der Waals surface area contributed by atoms with E-state index in [9.17, 15) is 0 Å². The molecule has 0 bridgehead atoms. The Bertz CT molecular complexity index is 178. The minimum absolute atomic E-state index is 0.918. The van der Waals surface area contributed by atoms with E-state index < -0.39 is 0 Å². The normalized spacial score (nSPS) is 18.2.